The number of nitrogens with zero attached hydrogens (tertiary/aromatic N) is 2. The normalized spacial score (nSPS) is 10.6. The fourth-order valence-electron chi connectivity index (χ4n) is 2.11. The van der Waals surface area contributed by atoms with E-state index >= 15 is 0 Å². The van der Waals surface area contributed by atoms with Crippen LogP contribution in [0.2, 0.25) is 0 Å². The second-order valence-corrected chi connectivity index (χ2v) is 4.47. The standard InChI is InChI=1S/C15H14N4O/c20-15(17-9-6-11-4-7-16-8-5-11)12-2-1-3-13-14(12)19-10-18-13/h1-5,7-8,10H,6,9H2,(H,17,20)(H,18,19). The van der Waals surface area contributed by atoms with Crippen LogP contribution in [0, 0.1) is 0 Å². The van der Waals surface area contributed by atoms with E-state index < -0.39 is 0 Å². The lowest BCUT2D eigenvalue weighted by Gasteiger charge is -2.05. The molecule has 2 heterocycles. The predicted octanol–water partition coefficient (Wildman–Crippen LogP) is 1.93. The van der Waals surface area contributed by atoms with Gasteiger partial charge in [0.1, 0.15) is 5.52 Å². The van der Waals surface area contributed by atoms with Crippen molar-refractivity contribution in [2.45, 2.75) is 6.42 Å². The highest BCUT2D eigenvalue weighted by Gasteiger charge is 2.10. The van der Waals surface area contributed by atoms with E-state index in [1.165, 1.54) is 0 Å². The summed E-state index contributed by atoms with van der Waals surface area (Å²) < 4.78 is 0. The lowest BCUT2D eigenvalue weighted by atomic mass is 10.1. The predicted molar refractivity (Wildman–Crippen MR) is 76.4 cm³/mol. The molecule has 0 radical (unpaired) electrons. The molecule has 3 rings (SSSR count). The smallest absolute Gasteiger partial charge is 0.253 e. The molecule has 1 amide bonds. The number of amides is 1. The van der Waals surface area contributed by atoms with E-state index in [0.29, 0.717) is 17.6 Å². The molecular weight excluding hydrogens is 252 g/mol. The van der Waals surface area contributed by atoms with E-state index in [9.17, 15) is 4.79 Å². The maximum absolute atomic E-state index is 12.2. The third kappa shape index (κ3) is 2.51. The van der Waals surface area contributed by atoms with Gasteiger partial charge in [0.25, 0.3) is 5.91 Å². The number of hydrogen-bond donors (Lipinski definition) is 2. The fourth-order valence-corrected chi connectivity index (χ4v) is 2.11. The molecule has 0 bridgehead atoms. The topological polar surface area (TPSA) is 70.7 Å². The Morgan fingerprint density at radius 1 is 1.20 bits per heavy atom. The molecule has 0 fully saturated rings. The first-order valence-electron chi connectivity index (χ1n) is 6.44. The Hall–Kier alpha value is -2.69. The van der Waals surface area contributed by atoms with Crippen molar-refractivity contribution < 1.29 is 4.79 Å². The van der Waals surface area contributed by atoms with Crippen LogP contribution in [0.25, 0.3) is 11.0 Å². The molecule has 0 saturated carbocycles. The third-order valence-electron chi connectivity index (χ3n) is 3.14. The molecule has 100 valence electrons. The second-order valence-electron chi connectivity index (χ2n) is 4.47. The molecule has 0 spiro atoms. The lowest BCUT2D eigenvalue weighted by Crippen LogP contribution is -2.25. The van der Waals surface area contributed by atoms with Gasteiger partial charge < -0.3 is 10.3 Å². The Balaban J connectivity index is 1.66. The van der Waals surface area contributed by atoms with Crippen molar-refractivity contribution in [2.75, 3.05) is 6.54 Å². The van der Waals surface area contributed by atoms with Crippen LogP contribution in [-0.4, -0.2) is 27.4 Å². The number of aromatic nitrogens is 3. The van der Waals surface area contributed by atoms with Crippen molar-refractivity contribution in [1.29, 1.82) is 0 Å². The number of carbonyl (C=O) groups excluding carboxylic acids is 1. The van der Waals surface area contributed by atoms with Crippen LogP contribution in [0.5, 0.6) is 0 Å². The molecule has 20 heavy (non-hydrogen) atoms. The number of fused-ring (bicyclic) bond motifs is 1. The van der Waals surface area contributed by atoms with E-state index in [-0.39, 0.29) is 5.91 Å². The molecular formula is C15H14N4O. The Morgan fingerprint density at radius 2 is 2.05 bits per heavy atom. The Kier molecular flexibility index (Phi) is 3.41. The Labute approximate surface area is 116 Å². The molecule has 0 atom stereocenters. The molecule has 0 unspecified atom stereocenters. The number of carbonyl (C=O) groups is 1. The van der Waals surface area contributed by atoms with E-state index in [2.05, 4.69) is 20.3 Å². The molecule has 2 aromatic heterocycles. The molecule has 5 heteroatoms. The summed E-state index contributed by atoms with van der Waals surface area (Å²) in [5.74, 6) is -0.100. The zero-order chi connectivity index (χ0) is 13.8. The first-order valence-corrected chi connectivity index (χ1v) is 6.44. The van der Waals surface area contributed by atoms with Crippen LogP contribution in [0.1, 0.15) is 15.9 Å². The summed E-state index contributed by atoms with van der Waals surface area (Å²) in [6, 6.07) is 9.42. The van der Waals surface area contributed by atoms with Gasteiger partial charge in [-0.05, 0) is 36.2 Å². The van der Waals surface area contributed by atoms with Crippen molar-refractivity contribution in [3.63, 3.8) is 0 Å². The molecule has 1 aromatic carbocycles. The first-order chi connectivity index (χ1) is 9.84. The van der Waals surface area contributed by atoms with Crippen molar-refractivity contribution in [1.82, 2.24) is 20.3 Å². The molecule has 0 aliphatic rings. The van der Waals surface area contributed by atoms with Gasteiger partial charge in [0.2, 0.25) is 0 Å². The molecule has 5 nitrogen and oxygen atoms in total. The van der Waals surface area contributed by atoms with Gasteiger partial charge in [-0.3, -0.25) is 9.78 Å². The zero-order valence-electron chi connectivity index (χ0n) is 10.8. The molecule has 3 aromatic rings. The van der Waals surface area contributed by atoms with Crippen LogP contribution >= 0.6 is 0 Å². The van der Waals surface area contributed by atoms with Crippen LogP contribution in [-0.2, 0) is 6.42 Å². The number of benzene rings is 1. The molecule has 2 N–H and O–H groups in total. The van der Waals surface area contributed by atoms with Gasteiger partial charge in [-0.1, -0.05) is 6.07 Å². The number of nitrogens with one attached hydrogen (secondary N) is 2. The summed E-state index contributed by atoms with van der Waals surface area (Å²) >= 11 is 0. The highest BCUT2D eigenvalue weighted by Crippen LogP contribution is 2.14. The van der Waals surface area contributed by atoms with E-state index in [0.717, 1.165) is 17.5 Å². The number of hydrogen-bond acceptors (Lipinski definition) is 3. The molecule has 0 aliphatic heterocycles. The first kappa shape index (κ1) is 12.3. The van der Waals surface area contributed by atoms with Gasteiger partial charge in [0, 0.05) is 18.9 Å². The fraction of sp³-hybridized carbons (Fsp3) is 0.133. The number of imidazole rings is 1. The number of para-hydroxylation sites is 1. The maximum Gasteiger partial charge on any atom is 0.253 e. The zero-order valence-corrected chi connectivity index (χ0v) is 10.8. The van der Waals surface area contributed by atoms with Gasteiger partial charge in [-0.2, -0.15) is 0 Å². The number of aromatic amines is 1. The van der Waals surface area contributed by atoms with E-state index in [4.69, 9.17) is 0 Å². The summed E-state index contributed by atoms with van der Waals surface area (Å²) in [5.41, 5.74) is 3.32. The van der Waals surface area contributed by atoms with Crippen LogP contribution in [0.3, 0.4) is 0 Å². The Bertz CT molecular complexity index is 721. The highest BCUT2D eigenvalue weighted by molar-refractivity contribution is 6.04. The van der Waals surface area contributed by atoms with Gasteiger partial charge in [0.15, 0.2) is 0 Å². The minimum absolute atomic E-state index is 0.100. The SMILES string of the molecule is O=C(NCCc1ccncc1)c1cccc2[nH]cnc12. The third-order valence-corrected chi connectivity index (χ3v) is 3.14. The minimum atomic E-state index is -0.100. The minimum Gasteiger partial charge on any atom is -0.352 e. The maximum atomic E-state index is 12.2. The summed E-state index contributed by atoms with van der Waals surface area (Å²) in [6.07, 6.45) is 5.88. The van der Waals surface area contributed by atoms with Gasteiger partial charge in [-0.15, -0.1) is 0 Å². The monoisotopic (exact) mass is 266 g/mol. The quantitative estimate of drug-likeness (QED) is 0.758. The lowest BCUT2D eigenvalue weighted by molar-refractivity contribution is 0.0955. The highest BCUT2D eigenvalue weighted by atomic mass is 16.1. The van der Waals surface area contributed by atoms with Crippen molar-refractivity contribution in [3.05, 3.63) is 60.2 Å². The second kappa shape index (κ2) is 5.52. The van der Waals surface area contributed by atoms with Crippen molar-refractivity contribution in [2.24, 2.45) is 0 Å². The average Bonchev–Trinajstić information content (AvgIpc) is 2.96. The van der Waals surface area contributed by atoms with Crippen LogP contribution in [0.4, 0.5) is 0 Å². The average molecular weight is 266 g/mol. The van der Waals surface area contributed by atoms with Gasteiger partial charge in [-0.25, -0.2) is 4.98 Å². The largest absolute Gasteiger partial charge is 0.352 e. The summed E-state index contributed by atoms with van der Waals surface area (Å²) in [7, 11) is 0. The molecule has 0 aliphatic carbocycles. The Morgan fingerprint density at radius 3 is 2.90 bits per heavy atom. The summed E-state index contributed by atoms with van der Waals surface area (Å²) in [4.78, 5) is 23.3. The van der Waals surface area contributed by atoms with Gasteiger partial charge >= 0.3 is 0 Å². The number of pyridine rings is 1. The van der Waals surface area contributed by atoms with Crippen molar-refractivity contribution >= 4 is 16.9 Å². The van der Waals surface area contributed by atoms with Crippen LogP contribution in [0.15, 0.2) is 49.1 Å². The van der Waals surface area contributed by atoms with E-state index in [1.807, 2.05) is 24.3 Å². The van der Waals surface area contributed by atoms with E-state index in [1.54, 1.807) is 24.8 Å². The van der Waals surface area contributed by atoms with Crippen molar-refractivity contribution in [3.8, 4) is 0 Å². The van der Waals surface area contributed by atoms with Crippen LogP contribution < -0.4 is 5.32 Å². The summed E-state index contributed by atoms with van der Waals surface area (Å²) in [5, 5.41) is 2.92. The number of H-pyrrole nitrogens is 1. The number of rotatable bonds is 4. The van der Waals surface area contributed by atoms with Gasteiger partial charge in [0.05, 0.1) is 17.4 Å². The summed E-state index contributed by atoms with van der Waals surface area (Å²) in [6.45, 7) is 0.587. The molecule has 0 saturated heterocycles.